The van der Waals surface area contributed by atoms with E-state index in [0.717, 1.165) is 15.4 Å². The van der Waals surface area contributed by atoms with Gasteiger partial charge in [-0.05, 0) is 55.5 Å². The molecule has 3 aromatic rings. The van der Waals surface area contributed by atoms with Crippen LogP contribution in [-0.2, 0) is 11.2 Å². The van der Waals surface area contributed by atoms with Crippen LogP contribution in [0.25, 0.3) is 11.3 Å². The fraction of sp³-hybridized carbons (Fsp3) is 0.158. The van der Waals surface area contributed by atoms with Crippen LogP contribution >= 0.6 is 11.3 Å². The molecule has 0 fully saturated rings. The van der Waals surface area contributed by atoms with E-state index in [1.165, 1.54) is 47.7 Å². The highest BCUT2D eigenvalue weighted by molar-refractivity contribution is 7.12. The third kappa shape index (κ3) is 5.07. The Balaban J connectivity index is 1.70. The molecule has 0 aliphatic rings. The Bertz CT molecular complexity index is 925. The van der Waals surface area contributed by atoms with E-state index in [1.807, 2.05) is 6.92 Å². The molecular weight excluding hydrogens is 377 g/mol. The van der Waals surface area contributed by atoms with E-state index in [1.54, 1.807) is 12.1 Å². The maximum atomic E-state index is 13.1. The number of aryl methyl sites for hydroxylation is 1. The standard InChI is InChI=1S/C19H15F3N2O2S/c1-11-23-18(12-2-4-13(20)5-3-12)16(27-11)10-17(25)24-14-6-8-15(9-7-14)26-19(21)22/h2-9,19H,10H2,1H3,(H,24,25). The summed E-state index contributed by atoms with van der Waals surface area (Å²) in [5.41, 5.74) is 1.84. The number of benzene rings is 2. The first kappa shape index (κ1) is 18.9. The minimum Gasteiger partial charge on any atom is -0.435 e. The fourth-order valence-electron chi connectivity index (χ4n) is 2.49. The molecule has 1 amide bonds. The largest absolute Gasteiger partial charge is 0.435 e. The van der Waals surface area contributed by atoms with Gasteiger partial charge in [-0.1, -0.05) is 0 Å². The monoisotopic (exact) mass is 392 g/mol. The topological polar surface area (TPSA) is 51.2 Å². The summed E-state index contributed by atoms with van der Waals surface area (Å²) in [5, 5.41) is 3.50. The molecule has 0 unspecified atom stereocenters. The van der Waals surface area contributed by atoms with Crippen LogP contribution in [0.2, 0.25) is 0 Å². The maximum Gasteiger partial charge on any atom is 0.387 e. The van der Waals surface area contributed by atoms with Crippen LogP contribution in [0.3, 0.4) is 0 Å². The van der Waals surface area contributed by atoms with Crippen LogP contribution < -0.4 is 10.1 Å². The van der Waals surface area contributed by atoms with E-state index in [4.69, 9.17) is 0 Å². The Morgan fingerprint density at radius 3 is 2.44 bits per heavy atom. The third-order valence-corrected chi connectivity index (χ3v) is 4.58. The molecule has 0 radical (unpaired) electrons. The summed E-state index contributed by atoms with van der Waals surface area (Å²) in [5.74, 6) is -0.603. The molecule has 3 rings (SSSR count). The average Bonchev–Trinajstić information content (AvgIpc) is 2.97. The quantitative estimate of drug-likeness (QED) is 0.639. The highest BCUT2D eigenvalue weighted by Crippen LogP contribution is 2.29. The number of amides is 1. The SMILES string of the molecule is Cc1nc(-c2ccc(F)cc2)c(CC(=O)Nc2ccc(OC(F)F)cc2)s1. The van der Waals surface area contributed by atoms with Gasteiger partial charge in [0.05, 0.1) is 17.1 Å². The smallest absolute Gasteiger partial charge is 0.387 e. The minimum absolute atomic E-state index is 0.0136. The zero-order chi connectivity index (χ0) is 19.4. The highest BCUT2D eigenvalue weighted by Gasteiger charge is 2.15. The molecule has 2 aromatic carbocycles. The molecule has 0 bridgehead atoms. The minimum atomic E-state index is -2.90. The van der Waals surface area contributed by atoms with Gasteiger partial charge in [0, 0.05) is 16.1 Å². The number of rotatable bonds is 6. The molecule has 8 heteroatoms. The van der Waals surface area contributed by atoms with Crippen molar-refractivity contribution in [2.45, 2.75) is 20.0 Å². The number of aromatic nitrogens is 1. The van der Waals surface area contributed by atoms with Crippen LogP contribution in [0.15, 0.2) is 48.5 Å². The molecule has 0 saturated heterocycles. The van der Waals surface area contributed by atoms with E-state index in [2.05, 4.69) is 15.0 Å². The average molecular weight is 392 g/mol. The number of anilines is 1. The normalized spacial score (nSPS) is 10.9. The van der Waals surface area contributed by atoms with Crippen molar-refractivity contribution in [3.63, 3.8) is 0 Å². The lowest BCUT2D eigenvalue weighted by atomic mass is 10.1. The van der Waals surface area contributed by atoms with E-state index in [9.17, 15) is 18.0 Å². The lowest BCUT2D eigenvalue weighted by Gasteiger charge is -2.08. The van der Waals surface area contributed by atoms with E-state index >= 15 is 0 Å². The van der Waals surface area contributed by atoms with Gasteiger partial charge in [-0.25, -0.2) is 9.37 Å². The number of carbonyl (C=O) groups is 1. The Kier molecular flexibility index (Phi) is 5.75. The lowest BCUT2D eigenvalue weighted by Crippen LogP contribution is -2.14. The van der Waals surface area contributed by atoms with Gasteiger partial charge in [0.2, 0.25) is 5.91 Å². The van der Waals surface area contributed by atoms with E-state index < -0.39 is 6.61 Å². The number of hydrogen-bond acceptors (Lipinski definition) is 4. The van der Waals surface area contributed by atoms with Gasteiger partial charge in [-0.3, -0.25) is 4.79 Å². The number of nitrogens with zero attached hydrogens (tertiary/aromatic N) is 1. The summed E-state index contributed by atoms with van der Waals surface area (Å²) in [6.07, 6.45) is 0.0908. The van der Waals surface area contributed by atoms with Crippen molar-refractivity contribution in [3.05, 3.63) is 64.2 Å². The number of hydrogen-bond donors (Lipinski definition) is 1. The second kappa shape index (κ2) is 8.22. The summed E-state index contributed by atoms with van der Waals surface area (Å²) in [4.78, 5) is 17.5. The van der Waals surface area contributed by atoms with Crippen molar-refractivity contribution in [2.75, 3.05) is 5.32 Å². The summed E-state index contributed by atoms with van der Waals surface area (Å²) in [6, 6.07) is 11.6. The van der Waals surface area contributed by atoms with Gasteiger partial charge in [0.1, 0.15) is 11.6 Å². The van der Waals surface area contributed by atoms with E-state index in [-0.39, 0.29) is 23.9 Å². The molecule has 0 aliphatic heterocycles. The number of thiazole rings is 1. The number of halogens is 3. The molecule has 0 saturated carbocycles. The number of carbonyl (C=O) groups excluding carboxylic acids is 1. The van der Waals surface area contributed by atoms with Gasteiger partial charge < -0.3 is 10.1 Å². The van der Waals surface area contributed by atoms with Gasteiger partial charge in [-0.2, -0.15) is 8.78 Å². The Labute approximate surface area is 157 Å². The Morgan fingerprint density at radius 2 is 1.81 bits per heavy atom. The first-order chi connectivity index (χ1) is 12.9. The summed E-state index contributed by atoms with van der Waals surface area (Å²) in [7, 11) is 0. The Morgan fingerprint density at radius 1 is 1.15 bits per heavy atom. The van der Waals surface area contributed by atoms with Crippen molar-refractivity contribution in [3.8, 4) is 17.0 Å². The summed E-state index contributed by atoms with van der Waals surface area (Å²) >= 11 is 1.39. The lowest BCUT2D eigenvalue weighted by molar-refractivity contribution is -0.115. The van der Waals surface area contributed by atoms with Crippen molar-refractivity contribution < 1.29 is 22.7 Å². The van der Waals surface area contributed by atoms with Crippen molar-refractivity contribution in [1.82, 2.24) is 4.98 Å². The van der Waals surface area contributed by atoms with Crippen LogP contribution in [-0.4, -0.2) is 17.5 Å². The molecule has 1 aromatic heterocycles. The van der Waals surface area contributed by atoms with Gasteiger partial charge >= 0.3 is 6.61 Å². The molecule has 4 nitrogen and oxygen atoms in total. The molecule has 0 spiro atoms. The molecular formula is C19H15F3N2O2S. The van der Waals surface area contributed by atoms with Gasteiger partial charge in [-0.15, -0.1) is 11.3 Å². The summed E-state index contributed by atoms with van der Waals surface area (Å²) < 4.78 is 41.7. The third-order valence-electron chi connectivity index (χ3n) is 3.61. The maximum absolute atomic E-state index is 13.1. The Hall–Kier alpha value is -2.87. The number of alkyl halides is 2. The molecule has 1 heterocycles. The predicted octanol–water partition coefficient (Wildman–Crippen LogP) is 5.04. The second-order valence-electron chi connectivity index (χ2n) is 5.64. The first-order valence-corrected chi connectivity index (χ1v) is 8.79. The van der Waals surface area contributed by atoms with Crippen LogP contribution in [0, 0.1) is 12.7 Å². The van der Waals surface area contributed by atoms with Crippen LogP contribution in [0.1, 0.15) is 9.88 Å². The molecule has 0 atom stereocenters. The van der Waals surface area contributed by atoms with E-state index in [0.29, 0.717) is 11.4 Å². The van der Waals surface area contributed by atoms with Crippen LogP contribution in [0.4, 0.5) is 18.9 Å². The zero-order valence-corrected chi connectivity index (χ0v) is 15.0. The number of nitrogens with one attached hydrogen (secondary N) is 1. The van der Waals surface area contributed by atoms with Crippen molar-refractivity contribution in [2.24, 2.45) is 0 Å². The van der Waals surface area contributed by atoms with Crippen LogP contribution in [0.5, 0.6) is 5.75 Å². The summed E-state index contributed by atoms with van der Waals surface area (Å²) in [6.45, 7) is -1.06. The molecule has 1 N–H and O–H groups in total. The van der Waals surface area contributed by atoms with Crippen molar-refractivity contribution in [1.29, 1.82) is 0 Å². The zero-order valence-electron chi connectivity index (χ0n) is 14.2. The first-order valence-electron chi connectivity index (χ1n) is 7.97. The highest BCUT2D eigenvalue weighted by atomic mass is 32.1. The van der Waals surface area contributed by atoms with Crippen molar-refractivity contribution >= 4 is 22.9 Å². The second-order valence-corrected chi connectivity index (χ2v) is 6.93. The van der Waals surface area contributed by atoms with Gasteiger partial charge in [0.25, 0.3) is 0 Å². The number of ether oxygens (including phenoxy) is 1. The molecule has 140 valence electrons. The fourth-order valence-corrected chi connectivity index (χ4v) is 3.45. The predicted molar refractivity (Wildman–Crippen MR) is 97.7 cm³/mol. The van der Waals surface area contributed by atoms with Gasteiger partial charge in [0.15, 0.2) is 0 Å². The molecule has 0 aliphatic carbocycles. The molecule has 27 heavy (non-hydrogen) atoms.